The number of hydrogen-bond acceptors (Lipinski definition) is 3. The number of imidazole rings is 1. The van der Waals surface area contributed by atoms with E-state index in [0.717, 1.165) is 12.0 Å². The molecule has 0 aliphatic heterocycles. The first-order chi connectivity index (χ1) is 12.6. The maximum atomic E-state index is 12.6. The Morgan fingerprint density at radius 2 is 1.96 bits per heavy atom. The molecule has 0 amide bonds. The zero-order chi connectivity index (χ0) is 18.5. The number of rotatable bonds is 6. The molecule has 1 atom stereocenters. The Morgan fingerprint density at radius 1 is 1.19 bits per heavy atom. The van der Waals surface area contributed by atoms with Gasteiger partial charge in [0.25, 0.3) is 0 Å². The molecule has 0 radical (unpaired) electrons. The molecular formula is C20H18Cl2N2O2. The molecule has 0 aliphatic carbocycles. The van der Waals surface area contributed by atoms with Gasteiger partial charge in [0, 0.05) is 28.0 Å². The van der Waals surface area contributed by atoms with Gasteiger partial charge < -0.3 is 9.30 Å². The van der Waals surface area contributed by atoms with Crippen molar-refractivity contribution in [3.63, 3.8) is 0 Å². The predicted molar refractivity (Wildman–Crippen MR) is 103 cm³/mol. The number of carbonyl (C=O) groups excluding carboxylic acids is 1. The minimum absolute atomic E-state index is 0.399. The lowest BCUT2D eigenvalue weighted by Crippen LogP contribution is -2.17. The van der Waals surface area contributed by atoms with Gasteiger partial charge in [-0.15, -0.1) is 0 Å². The van der Waals surface area contributed by atoms with Gasteiger partial charge in [-0.25, -0.2) is 9.78 Å². The number of ether oxygens (including phenoxy) is 1. The maximum absolute atomic E-state index is 12.6. The summed E-state index contributed by atoms with van der Waals surface area (Å²) in [5.74, 6) is -0.399. The molecule has 2 aromatic carbocycles. The summed E-state index contributed by atoms with van der Waals surface area (Å²) in [6, 6.07) is 12.6. The predicted octanol–water partition coefficient (Wildman–Crippen LogP) is 5.35. The van der Waals surface area contributed by atoms with E-state index in [4.69, 9.17) is 27.9 Å². The highest BCUT2D eigenvalue weighted by atomic mass is 35.5. The van der Waals surface area contributed by atoms with Crippen LogP contribution >= 0.6 is 23.2 Å². The van der Waals surface area contributed by atoms with Gasteiger partial charge in [0.05, 0.1) is 18.4 Å². The minimum atomic E-state index is -0.563. The van der Waals surface area contributed by atoms with Gasteiger partial charge in [-0.1, -0.05) is 48.3 Å². The van der Waals surface area contributed by atoms with Gasteiger partial charge in [-0.2, -0.15) is 0 Å². The maximum Gasteiger partial charge on any atom is 0.338 e. The highest BCUT2D eigenvalue weighted by molar-refractivity contribution is 6.35. The molecule has 6 heteroatoms. The average molecular weight is 389 g/mol. The van der Waals surface area contributed by atoms with Crippen molar-refractivity contribution in [1.82, 2.24) is 9.55 Å². The van der Waals surface area contributed by atoms with Crippen LogP contribution in [0.15, 0.2) is 61.2 Å². The number of hydrogen-bond donors (Lipinski definition) is 0. The summed E-state index contributed by atoms with van der Waals surface area (Å²) in [5.41, 5.74) is 2.36. The van der Waals surface area contributed by atoms with Crippen molar-refractivity contribution in [3.8, 4) is 0 Å². The molecular weight excluding hydrogens is 371 g/mol. The van der Waals surface area contributed by atoms with Gasteiger partial charge >= 0.3 is 5.97 Å². The molecule has 1 unspecified atom stereocenters. The van der Waals surface area contributed by atoms with E-state index in [9.17, 15) is 4.79 Å². The normalized spacial score (nSPS) is 12.0. The third-order valence-electron chi connectivity index (χ3n) is 4.09. The number of nitrogens with zero attached hydrogens (tertiary/aromatic N) is 2. The van der Waals surface area contributed by atoms with Crippen LogP contribution in [0.1, 0.15) is 34.5 Å². The summed E-state index contributed by atoms with van der Waals surface area (Å²) in [6.07, 6.45) is 5.50. The first-order valence-electron chi connectivity index (χ1n) is 8.27. The standard InChI is InChI=1S/C20H18Cl2N2O2/c1-2-14-3-5-15(6-4-14)20(25)26-19(12-24-10-9-23-13-24)17-8-7-16(21)11-18(17)22/h3-11,13,19H,2,12H2,1H3. The quantitative estimate of drug-likeness (QED) is 0.534. The van der Waals surface area contributed by atoms with E-state index in [1.54, 1.807) is 49.1 Å². The monoisotopic (exact) mass is 388 g/mol. The van der Waals surface area contributed by atoms with Crippen molar-refractivity contribution in [1.29, 1.82) is 0 Å². The fraction of sp³-hybridized carbons (Fsp3) is 0.200. The summed E-state index contributed by atoms with van der Waals surface area (Å²) in [4.78, 5) is 16.6. The second-order valence-electron chi connectivity index (χ2n) is 5.87. The van der Waals surface area contributed by atoms with Gasteiger partial charge in [0.2, 0.25) is 0 Å². The molecule has 1 aromatic heterocycles. The number of esters is 1. The molecule has 26 heavy (non-hydrogen) atoms. The third-order valence-corrected chi connectivity index (χ3v) is 4.65. The molecule has 0 N–H and O–H groups in total. The first kappa shape index (κ1) is 18.5. The Bertz CT molecular complexity index is 877. The van der Waals surface area contributed by atoms with Crippen LogP contribution in [0.25, 0.3) is 0 Å². The van der Waals surface area contributed by atoms with Gasteiger partial charge in [-0.3, -0.25) is 0 Å². The van der Waals surface area contributed by atoms with E-state index < -0.39 is 12.1 Å². The van der Waals surface area contributed by atoms with Crippen LogP contribution in [-0.2, 0) is 17.7 Å². The van der Waals surface area contributed by atoms with E-state index in [1.807, 2.05) is 16.7 Å². The van der Waals surface area contributed by atoms with Crippen molar-refractivity contribution in [2.75, 3.05) is 0 Å². The first-order valence-corrected chi connectivity index (χ1v) is 9.03. The highest BCUT2D eigenvalue weighted by Gasteiger charge is 2.21. The Morgan fingerprint density at radius 3 is 2.58 bits per heavy atom. The summed E-state index contributed by atoms with van der Waals surface area (Å²) in [6.45, 7) is 2.47. The summed E-state index contributed by atoms with van der Waals surface area (Å²) >= 11 is 12.3. The topological polar surface area (TPSA) is 44.1 Å². The Balaban J connectivity index is 1.85. The third kappa shape index (κ3) is 4.45. The zero-order valence-electron chi connectivity index (χ0n) is 14.2. The summed E-state index contributed by atoms with van der Waals surface area (Å²) in [5, 5.41) is 0.985. The van der Waals surface area contributed by atoms with Gasteiger partial charge in [0.1, 0.15) is 6.10 Å². The summed E-state index contributed by atoms with van der Waals surface area (Å²) in [7, 11) is 0. The van der Waals surface area contributed by atoms with E-state index in [2.05, 4.69) is 11.9 Å². The van der Waals surface area contributed by atoms with Crippen LogP contribution in [0.5, 0.6) is 0 Å². The molecule has 1 heterocycles. The van der Waals surface area contributed by atoms with E-state index >= 15 is 0 Å². The number of halogens is 2. The molecule has 134 valence electrons. The Labute approximate surface area is 162 Å². The fourth-order valence-electron chi connectivity index (χ4n) is 2.62. The van der Waals surface area contributed by atoms with Crippen LogP contribution in [0.4, 0.5) is 0 Å². The van der Waals surface area contributed by atoms with E-state index in [-0.39, 0.29) is 0 Å². The van der Waals surface area contributed by atoms with Gasteiger partial charge in [0.15, 0.2) is 0 Å². The van der Waals surface area contributed by atoms with E-state index in [1.165, 1.54) is 0 Å². The second kappa shape index (κ2) is 8.39. The summed E-state index contributed by atoms with van der Waals surface area (Å²) < 4.78 is 7.61. The molecule has 0 aliphatic rings. The molecule has 3 aromatic rings. The lowest BCUT2D eigenvalue weighted by Gasteiger charge is -2.20. The lowest BCUT2D eigenvalue weighted by molar-refractivity contribution is 0.0255. The van der Waals surface area contributed by atoms with Gasteiger partial charge in [-0.05, 0) is 36.2 Å². The zero-order valence-corrected chi connectivity index (χ0v) is 15.7. The van der Waals surface area contributed by atoms with Crippen LogP contribution in [0.3, 0.4) is 0 Å². The molecule has 0 bridgehead atoms. The number of aromatic nitrogens is 2. The number of carbonyl (C=O) groups is 1. The average Bonchev–Trinajstić information content (AvgIpc) is 3.14. The van der Waals surface area contributed by atoms with Crippen molar-refractivity contribution in [2.45, 2.75) is 26.0 Å². The highest BCUT2D eigenvalue weighted by Crippen LogP contribution is 2.30. The fourth-order valence-corrected chi connectivity index (χ4v) is 3.15. The van der Waals surface area contributed by atoms with Crippen molar-refractivity contribution < 1.29 is 9.53 Å². The number of benzene rings is 2. The minimum Gasteiger partial charge on any atom is -0.452 e. The SMILES string of the molecule is CCc1ccc(C(=O)OC(Cn2ccnc2)c2ccc(Cl)cc2Cl)cc1. The van der Waals surface area contributed by atoms with Crippen molar-refractivity contribution >= 4 is 29.2 Å². The molecule has 0 spiro atoms. The Kier molecular flexibility index (Phi) is 5.96. The molecule has 3 rings (SSSR count). The molecule has 4 nitrogen and oxygen atoms in total. The lowest BCUT2D eigenvalue weighted by atomic mass is 10.1. The largest absolute Gasteiger partial charge is 0.452 e. The van der Waals surface area contributed by atoms with E-state index in [0.29, 0.717) is 27.7 Å². The van der Waals surface area contributed by atoms with Crippen molar-refractivity contribution in [3.05, 3.63) is 87.9 Å². The molecule has 0 fully saturated rings. The molecule has 0 saturated heterocycles. The van der Waals surface area contributed by atoms with Crippen LogP contribution in [0, 0.1) is 0 Å². The number of aryl methyl sites for hydroxylation is 1. The smallest absolute Gasteiger partial charge is 0.338 e. The molecule has 0 saturated carbocycles. The van der Waals surface area contributed by atoms with Crippen molar-refractivity contribution in [2.24, 2.45) is 0 Å². The Hall–Kier alpha value is -2.30. The van der Waals surface area contributed by atoms with Crippen LogP contribution in [-0.4, -0.2) is 15.5 Å². The second-order valence-corrected chi connectivity index (χ2v) is 6.71. The van der Waals surface area contributed by atoms with Crippen LogP contribution in [0.2, 0.25) is 10.0 Å². The van der Waals surface area contributed by atoms with Crippen LogP contribution < -0.4 is 0 Å².